The molecule has 1 atom stereocenters. The Morgan fingerprint density at radius 3 is 2.15 bits per heavy atom. The Labute approximate surface area is 191 Å². The maximum atomic E-state index is 13.6. The third kappa shape index (κ3) is 4.33. The van der Waals surface area contributed by atoms with Gasteiger partial charge >= 0.3 is 5.69 Å². The fraction of sp³-hybridized carbons (Fsp3) is 0.435. The van der Waals surface area contributed by atoms with Crippen LogP contribution in [0.1, 0.15) is 61.3 Å². The van der Waals surface area contributed by atoms with Crippen LogP contribution in [0.4, 0.5) is 11.5 Å². The van der Waals surface area contributed by atoms with Crippen molar-refractivity contribution in [2.45, 2.75) is 53.1 Å². The van der Waals surface area contributed by atoms with Crippen molar-refractivity contribution in [1.82, 2.24) is 14.5 Å². The van der Waals surface area contributed by atoms with Gasteiger partial charge in [0.05, 0.1) is 11.1 Å². The van der Waals surface area contributed by atoms with Crippen LogP contribution < -0.4 is 21.9 Å². The van der Waals surface area contributed by atoms with Gasteiger partial charge in [-0.25, -0.2) is 4.79 Å². The number of nitrogens with two attached hydrogens (primary N) is 1. The molecular formula is C23H29N5O5. The van der Waals surface area contributed by atoms with Gasteiger partial charge in [-0.05, 0) is 31.4 Å². The van der Waals surface area contributed by atoms with E-state index >= 15 is 0 Å². The van der Waals surface area contributed by atoms with Gasteiger partial charge in [0.1, 0.15) is 11.9 Å². The van der Waals surface area contributed by atoms with Gasteiger partial charge in [-0.2, -0.15) is 0 Å². The van der Waals surface area contributed by atoms with Crippen molar-refractivity contribution < 1.29 is 14.4 Å². The number of aromatic nitrogens is 2. The molecule has 0 aliphatic carbocycles. The maximum absolute atomic E-state index is 13.6. The molecule has 10 nitrogen and oxygen atoms in total. The van der Waals surface area contributed by atoms with Crippen LogP contribution in [-0.2, 0) is 11.3 Å². The van der Waals surface area contributed by atoms with Crippen molar-refractivity contribution in [3.05, 3.63) is 56.2 Å². The summed E-state index contributed by atoms with van der Waals surface area (Å²) >= 11 is 0. The highest BCUT2D eigenvalue weighted by molar-refractivity contribution is 6.23. The summed E-state index contributed by atoms with van der Waals surface area (Å²) in [6.45, 7) is 7.53. The first kappa shape index (κ1) is 24.0. The predicted octanol–water partition coefficient (Wildman–Crippen LogP) is 1.59. The van der Waals surface area contributed by atoms with Crippen LogP contribution in [0.3, 0.4) is 0 Å². The van der Waals surface area contributed by atoms with E-state index in [0.29, 0.717) is 12.8 Å². The summed E-state index contributed by atoms with van der Waals surface area (Å²) < 4.78 is 1.22. The molecule has 2 aromatic rings. The van der Waals surface area contributed by atoms with Crippen molar-refractivity contribution in [3.63, 3.8) is 0 Å². The maximum Gasteiger partial charge on any atom is 0.330 e. The first-order chi connectivity index (χ1) is 15.6. The summed E-state index contributed by atoms with van der Waals surface area (Å²) in [6.07, 6.45) is 1.26. The topological polar surface area (TPSA) is 139 Å². The number of fused-ring (bicyclic) bond motifs is 1. The molecule has 10 heteroatoms. The average molecular weight is 456 g/mol. The highest BCUT2D eigenvalue weighted by Gasteiger charge is 2.42. The number of nitrogen functional groups attached to an aromatic ring is 1. The Balaban J connectivity index is 2.05. The van der Waals surface area contributed by atoms with Crippen LogP contribution in [0, 0.1) is 5.92 Å². The van der Waals surface area contributed by atoms with E-state index in [1.807, 2.05) is 20.8 Å². The van der Waals surface area contributed by atoms with Gasteiger partial charge in [-0.15, -0.1) is 0 Å². The number of unbranched alkanes of at least 4 members (excludes halogenated alkanes) is 1. The Morgan fingerprint density at radius 2 is 1.64 bits per heavy atom. The number of hydrogen-bond donors (Lipinski definition) is 2. The van der Waals surface area contributed by atoms with Crippen LogP contribution in [0.25, 0.3) is 0 Å². The van der Waals surface area contributed by atoms with Gasteiger partial charge in [0.2, 0.25) is 5.91 Å². The lowest BCUT2D eigenvalue weighted by Crippen LogP contribution is -2.51. The number of imide groups is 1. The zero-order valence-corrected chi connectivity index (χ0v) is 19.3. The summed E-state index contributed by atoms with van der Waals surface area (Å²) in [5, 5.41) is 0. The van der Waals surface area contributed by atoms with Crippen molar-refractivity contribution in [2.24, 2.45) is 5.92 Å². The molecule has 0 bridgehead atoms. The lowest BCUT2D eigenvalue weighted by Gasteiger charge is -2.30. The van der Waals surface area contributed by atoms with Crippen LogP contribution >= 0.6 is 0 Å². The second kappa shape index (κ2) is 9.43. The van der Waals surface area contributed by atoms with Crippen LogP contribution in [0.2, 0.25) is 0 Å². The first-order valence-corrected chi connectivity index (χ1v) is 11.0. The lowest BCUT2D eigenvalue weighted by atomic mass is 10.1. The van der Waals surface area contributed by atoms with E-state index in [2.05, 4.69) is 4.98 Å². The second-order valence-corrected chi connectivity index (χ2v) is 8.54. The highest BCUT2D eigenvalue weighted by atomic mass is 16.2. The van der Waals surface area contributed by atoms with Crippen molar-refractivity contribution in [3.8, 4) is 0 Å². The van der Waals surface area contributed by atoms with Gasteiger partial charge in [-0.1, -0.05) is 39.3 Å². The van der Waals surface area contributed by atoms with Crippen LogP contribution in [0.15, 0.2) is 33.9 Å². The SMILES string of the molecule is CCCCN(C(=O)[C@H](C)N1C(=O)c2ccccc2C1=O)c1c(N)n(CC(C)C)c(=O)[nH]c1=O. The number of amides is 3. The predicted molar refractivity (Wildman–Crippen MR) is 124 cm³/mol. The summed E-state index contributed by atoms with van der Waals surface area (Å²) in [7, 11) is 0. The van der Waals surface area contributed by atoms with Gasteiger partial charge in [0.15, 0.2) is 5.69 Å². The molecule has 1 aliphatic heterocycles. The number of hydrogen-bond acceptors (Lipinski definition) is 6. The Kier molecular flexibility index (Phi) is 6.85. The number of H-pyrrole nitrogens is 1. The Morgan fingerprint density at radius 1 is 1.06 bits per heavy atom. The molecule has 2 heterocycles. The van der Waals surface area contributed by atoms with E-state index in [9.17, 15) is 24.0 Å². The molecular weight excluding hydrogens is 426 g/mol. The molecule has 176 valence electrons. The molecule has 33 heavy (non-hydrogen) atoms. The van der Waals surface area contributed by atoms with Gasteiger partial charge < -0.3 is 10.6 Å². The molecule has 0 spiro atoms. The smallest absolute Gasteiger partial charge is 0.330 e. The minimum atomic E-state index is -1.18. The zero-order chi connectivity index (χ0) is 24.4. The van der Waals surface area contributed by atoms with E-state index < -0.39 is 35.0 Å². The molecule has 0 saturated heterocycles. The molecule has 0 radical (unpaired) electrons. The quantitative estimate of drug-likeness (QED) is 0.580. The van der Waals surface area contributed by atoms with E-state index in [1.165, 1.54) is 28.5 Å². The largest absolute Gasteiger partial charge is 0.383 e. The number of nitrogens with zero attached hydrogens (tertiary/aromatic N) is 3. The molecule has 0 unspecified atom stereocenters. The summed E-state index contributed by atoms with van der Waals surface area (Å²) in [4.78, 5) is 68.8. The number of carbonyl (C=O) groups is 3. The third-order valence-electron chi connectivity index (χ3n) is 5.60. The normalized spacial score (nSPS) is 14.0. The fourth-order valence-electron chi connectivity index (χ4n) is 3.93. The van der Waals surface area contributed by atoms with Gasteiger partial charge in [0.25, 0.3) is 17.4 Å². The number of nitrogens with one attached hydrogen (secondary N) is 1. The standard InChI is InChI=1S/C23H29N5O5/c1-5-6-11-26(17-18(24)27(12-13(2)3)23(33)25-19(17)29)20(30)14(4)28-21(31)15-9-7-8-10-16(15)22(28)32/h7-10,13-14H,5-6,11-12,24H2,1-4H3,(H,25,29,33)/t14-/m0/s1. The summed E-state index contributed by atoms with van der Waals surface area (Å²) in [5.41, 5.74) is 5.07. The highest BCUT2D eigenvalue weighted by Crippen LogP contribution is 2.27. The van der Waals surface area contributed by atoms with Crippen molar-refractivity contribution >= 4 is 29.2 Å². The average Bonchev–Trinajstić information content (AvgIpc) is 3.02. The molecule has 3 rings (SSSR count). The number of anilines is 2. The van der Waals surface area contributed by atoms with E-state index in [0.717, 1.165) is 4.90 Å². The fourth-order valence-corrected chi connectivity index (χ4v) is 3.93. The monoisotopic (exact) mass is 455 g/mol. The minimum absolute atomic E-state index is 0.0563. The minimum Gasteiger partial charge on any atom is -0.383 e. The van der Waals surface area contributed by atoms with Crippen LogP contribution in [0.5, 0.6) is 0 Å². The van der Waals surface area contributed by atoms with Crippen molar-refractivity contribution in [2.75, 3.05) is 17.2 Å². The molecule has 0 saturated carbocycles. The molecule has 3 amide bonds. The van der Waals surface area contributed by atoms with Gasteiger partial charge in [-0.3, -0.25) is 33.6 Å². The van der Waals surface area contributed by atoms with Gasteiger partial charge in [0, 0.05) is 13.1 Å². The van der Waals surface area contributed by atoms with E-state index in [4.69, 9.17) is 5.73 Å². The number of benzene rings is 1. The Bertz CT molecular complexity index is 1180. The van der Waals surface area contributed by atoms with Crippen molar-refractivity contribution in [1.29, 1.82) is 0 Å². The van der Waals surface area contributed by atoms with Crippen LogP contribution in [-0.4, -0.2) is 44.8 Å². The zero-order valence-electron chi connectivity index (χ0n) is 19.3. The molecule has 0 fully saturated rings. The lowest BCUT2D eigenvalue weighted by molar-refractivity contribution is -0.122. The number of aromatic amines is 1. The number of rotatable bonds is 8. The number of carbonyl (C=O) groups excluding carboxylic acids is 3. The molecule has 1 aromatic carbocycles. The summed E-state index contributed by atoms with van der Waals surface area (Å²) in [5.74, 6) is -1.85. The molecule has 1 aliphatic rings. The second-order valence-electron chi connectivity index (χ2n) is 8.54. The molecule has 3 N–H and O–H groups in total. The van der Waals surface area contributed by atoms with E-state index in [-0.39, 0.29) is 41.6 Å². The molecule has 1 aromatic heterocycles. The van der Waals surface area contributed by atoms with E-state index in [1.54, 1.807) is 12.1 Å². The first-order valence-electron chi connectivity index (χ1n) is 11.0. The Hall–Kier alpha value is -3.69. The summed E-state index contributed by atoms with van der Waals surface area (Å²) in [6, 6.07) is 5.17. The third-order valence-corrected chi connectivity index (χ3v) is 5.60.